The molecule has 0 spiro atoms. The van der Waals surface area contributed by atoms with E-state index in [1.54, 1.807) is 0 Å². The van der Waals surface area contributed by atoms with E-state index in [4.69, 9.17) is 4.74 Å². The fraction of sp³-hybridized carbons (Fsp3) is 0.435. The van der Waals surface area contributed by atoms with Crippen molar-refractivity contribution in [3.63, 3.8) is 0 Å². The maximum atomic E-state index is 14.7. The molecular weight excluding hydrogens is 355 g/mol. The minimum atomic E-state index is -0.453. The van der Waals surface area contributed by atoms with E-state index in [-0.39, 0.29) is 17.1 Å². The van der Waals surface area contributed by atoms with Crippen molar-refractivity contribution < 1.29 is 13.9 Å². The van der Waals surface area contributed by atoms with Crippen LogP contribution < -0.4 is 15.4 Å². The SMILES string of the molecule is CC1(C)CCc2cc(NC(=O)[C@@H]3NCCc4c3ccc3c4OCC3)cc(F)c21. The summed E-state index contributed by atoms with van der Waals surface area (Å²) in [7, 11) is 0. The first-order chi connectivity index (χ1) is 13.4. The summed E-state index contributed by atoms with van der Waals surface area (Å²) in [5.74, 6) is 0.580. The number of hydrogen-bond donors (Lipinski definition) is 2. The highest BCUT2D eigenvalue weighted by Crippen LogP contribution is 2.41. The van der Waals surface area contributed by atoms with Crippen LogP contribution in [0.1, 0.15) is 54.1 Å². The Morgan fingerprint density at radius 1 is 1.21 bits per heavy atom. The van der Waals surface area contributed by atoms with E-state index in [1.807, 2.05) is 12.1 Å². The highest BCUT2D eigenvalue weighted by atomic mass is 19.1. The van der Waals surface area contributed by atoms with Crippen LogP contribution in [0.25, 0.3) is 0 Å². The molecule has 4 nitrogen and oxygen atoms in total. The number of carbonyl (C=O) groups excluding carboxylic acids is 1. The smallest absolute Gasteiger partial charge is 0.246 e. The van der Waals surface area contributed by atoms with Crippen LogP contribution in [0.5, 0.6) is 5.75 Å². The van der Waals surface area contributed by atoms with E-state index < -0.39 is 6.04 Å². The Balaban J connectivity index is 1.43. The second-order valence-electron chi connectivity index (χ2n) is 8.72. The predicted octanol–water partition coefficient (Wildman–Crippen LogP) is 3.81. The highest BCUT2D eigenvalue weighted by Gasteiger charge is 2.34. The van der Waals surface area contributed by atoms with Crippen LogP contribution in [0.15, 0.2) is 24.3 Å². The summed E-state index contributed by atoms with van der Waals surface area (Å²) in [6.45, 7) is 5.57. The van der Waals surface area contributed by atoms with Gasteiger partial charge in [0.2, 0.25) is 5.91 Å². The molecule has 0 radical (unpaired) electrons. The molecule has 2 heterocycles. The van der Waals surface area contributed by atoms with Gasteiger partial charge in [0, 0.05) is 24.2 Å². The second-order valence-corrected chi connectivity index (χ2v) is 8.72. The highest BCUT2D eigenvalue weighted by molar-refractivity contribution is 5.96. The van der Waals surface area contributed by atoms with Crippen LogP contribution in [-0.2, 0) is 29.5 Å². The van der Waals surface area contributed by atoms with Gasteiger partial charge in [-0.25, -0.2) is 4.39 Å². The maximum Gasteiger partial charge on any atom is 0.246 e. The molecule has 0 unspecified atom stereocenters. The van der Waals surface area contributed by atoms with Gasteiger partial charge in [0.15, 0.2) is 0 Å². The zero-order valence-corrected chi connectivity index (χ0v) is 16.3. The summed E-state index contributed by atoms with van der Waals surface area (Å²) in [4.78, 5) is 13.0. The summed E-state index contributed by atoms with van der Waals surface area (Å²) >= 11 is 0. The number of benzene rings is 2. The van der Waals surface area contributed by atoms with Gasteiger partial charge < -0.3 is 15.4 Å². The number of anilines is 1. The lowest BCUT2D eigenvalue weighted by atomic mass is 9.86. The van der Waals surface area contributed by atoms with Crippen molar-refractivity contribution in [2.24, 2.45) is 0 Å². The molecule has 0 saturated heterocycles. The standard InChI is InChI=1S/C23H25FN2O2/c1-23(2)8-5-14-11-15(12-18(24)19(14)23)26-22(27)20-16-4-3-13-7-10-28-21(13)17(16)6-9-25-20/h3-4,11-12,20,25H,5-10H2,1-2H3,(H,26,27)/t20-/m1/s1. The zero-order valence-electron chi connectivity index (χ0n) is 16.3. The molecule has 1 aliphatic carbocycles. The number of carbonyl (C=O) groups is 1. The van der Waals surface area contributed by atoms with E-state index >= 15 is 0 Å². The Morgan fingerprint density at radius 2 is 2.07 bits per heavy atom. The number of fused-ring (bicyclic) bond motifs is 4. The molecule has 5 rings (SSSR count). The number of amides is 1. The van der Waals surface area contributed by atoms with Crippen LogP contribution >= 0.6 is 0 Å². The van der Waals surface area contributed by atoms with Crippen LogP contribution in [0.3, 0.4) is 0 Å². The topological polar surface area (TPSA) is 50.4 Å². The summed E-state index contributed by atoms with van der Waals surface area (Å²) in [6, 6.07) is 7.03. The fourth-order valence-corrected chi connectivity index (χ4v) is 5.02. The molecule has 0 bridgehead atoms. The van der Waals surface area contributed by atoms with Crippen LogP contribution in [0.2, 0.25) is 0 Å². The molecule has 2 aliphatic heterocycles. The Kier molecular flexibility index (Phi) is 3.98. The summed E-state index contributed by atoms with van der Waals surface area (Å²) in [6.07, 6.45) is 3.55. The first kappa shape index (κ1) is 17.7. The van der Waals surface area contributed by atoms with Gasteiger partial charge in [0.1, 0.15) is 17.6 Å². The van der Waals surface area contributed by atoms with E-state index in [9.17, 15) is 9.18 Å². The molecule has 3 aliphatic rings. The minimum Gasteiger partial charge on any atom is -0.493 e. The van der Waals surface area contributed by atoms with E-state index in [0.29, 0.717) is 12.3 Å². The number of nitrogens with one attached hydrogen (secondary N) is 2. The van der Waals surface area contributed by atoms with Gasteiger partial charge in [-0.2, -0.15) is 0 Å². The van der Waals surface area contributed by atoms with Gasteiger partial charge in [-0.05, 0) is 59.1 Å². The number of rotatable bonds is 2. The third kappa shape index (κ3) is 2.72. The van der Waals surface area contributed by atoms with Gasteiger partial charge in [-0.15, -0.1) is 0 Å². The second kappa shape index (κ2) is 6.31. The maximum absolute atomic E-state index is 14.7. The predicted molar refractivity (Wildman–Crippen MR) is 106 cm³/mol. The Bertz CT molecular complexity index is 983. The molecule has 0 fully saturated rings. The van der Waals surface area contributed by atoms with Crippen LogP contribution in [0.4, 0.5) is 10.1 Å². The Morgan fingerprint density at radius 3 is 2.93 bits per heavy atom. The number of halogens is 1. The Hall–Kier alpha value is -2.40. The van der Waals surface area contributed by atoms with Crippen molar-refractivity contribution in [3.8, 4) is 5.75 Å². The first-order valence-corrected chi connectivity index (χ1v) is 10.1. The van der Waals surface area contributed by atoms with Gasteiger partial charge in [0.25, 0.3) is 0 Å². The summed E-state index contributed by atoms with van der Waals surface area (Å²) in [5, 5.41) is 6.24. The summed E-state index contributed by atoms with van der Waals surface area (Å²) < 4.78 is 20.6. The molecule has 0 aromatic heterocycles. The molecule has 1 amide bonds. The van der Waals surface area contributed by atoms with Crippen molar-refractivity contribution in [1.29, 1.82) is 0 Å². The Labute approximate surface area is 164 Å². The lowest BCUT2D eigenvalue weighted by molar-refractivity contribution is -0.118. The minimum absolute atomic E-state index is 0.147. The molecule has 2 aromatic carbocycles. The largest absolute Gasteiger partial charge is 0.493 e. The molecule has 1 atom stereocenters. The average Bonchev–Trinajstić information content (AvgIpc) is 3.25. The van der Waals surface area contributed by atoms with Crippen LogP contribution in [0, 0.1) is 5.82 Å². The lowest BCUT2D eigenvalue weighted by Gasteiger charge is -2.27. The molecule has 2 aromatic rings. The summed E-state index contributed by atoms with van der Waals surface area (Å²) in [5.41, 5.74) is 5.51. The van der Waals surface area contributed by atoms with E-state index in [1.165, 1.54) is 11.6 Å². The molecular formula is C23H25FN2O2. The van der Waals surface area contributed by atoms with Gasteiger partial charge in [-0.1, -0.05) is 26.0 Å². The third-order valence-corrected chi connectivity index (χ3v) is 6.43. The van der Waals surface area contributed by atoms with Crippen molar-refractivity contribution in [3.05, 3.63) is 57.9 Å². The van der Waals surface area contributed by atoms with E-state index in [0.717, 1.165) is 60.2 Å². The normalized spacial score (nSPS) is 21.5. The average molecular weight is 380 g/mol. The monoisotopic (exact) mass is 380 g/mol. The van der Waals surface area contributed by atoms with E-state index in [2.05, 4.69) is 30.5 Å². The van der Waals surface area contributed by atoms with Crippen LogP contribution in [-0.4, -0.2) is 19.1 Å². The van der Waals surface area contributed by atoms with Gasteiger partial charge in [0.05, 0.1) is 6.61 Å². The lowest BCUT2D eigenvalue weighted by Crippen LogP contribution is -2.38. The van der Waals surface area contributed by atoms with Crippen molar-refractivity contribution >= 4 is 11.6 Å². The third-order valence-electron chi connectivity index (χ3n) is 6.43. The number of ether oxygens (including phenoxy) is 1. The van der Waals surface area contributed by atoms with Crippen molar-refractivity contribution in [2.45, 2.75) is 51.0 Å². The van der Waals surface area contributed by atoms with Crippen molar-refractivity contribution in [2.75, 3.05) is 18.5 Å². The first-order valence-electron chi connectivity index (χ1n) is 10.1. The quantitative estimate of drug-likeness (QED) is 0.833. The zero-order chi connectivity index (χ0) is 19.5. The number of hydrogen-bond acceptors (Lipinski definition) is 3. The van der Waals surface area contributed by atoms with Gasteiger partial charge >= 0.3 is 0 Å². The molecule has 146 valence electrons. The number of aryl methyl sites for hydroxylation is 1. The van der Waals surface area contributed by atoms with Crippen molar-refractivity contribution in [1.82, 2.24) is 5.32 Å². The molecule has 2 N–H and O–H groups in total. The van der Waals surface area contributed by atoms with Gasteiger partial charge in [-0.3, -0.25) is 4.79 Å². The molecule has 5 heteroatoms. The molecule has 0 saturated carbocycles. The molecule has 28 heavy (non-hydrogen) atoms. The fourth-order valence-electron chi connectivity index (χ4n) is 5.02.